The molecule has 1 aromatic carbocycles. The Labute approximate surface area is 182 Å². The number of fused-ring (bicyclic) bond motifs is 1. The van der Waals surface area contributed by atoms with Gasteiger partial charge in [0.2, 0.25) is 5.91 Å². The van der Waals surface area contributed by atoms with Gasteiger partial charge in [-0.2, -0.15) is 0 Å². The zero-order valence-corrected chi connectivity index (χ0v) is 19.3. The number of hydrogen-bond acceptors (Lipinski definition) is 4. The van der Waals surface area contributed by atoms with Crippen molar-refractivity contribution in [1.82, 2.24) is 9.55 Å². The van der Waals surface area contributed by atoms with Crippen molar-refractivity contribution in [2.24, 2.45) is 0 Å². The molecule has 4 nitrogen and oxygen atoms in total. The molecule has 6 heteroatoms. The number of amides is 1. The summed E-state index contributed by atoms with van der Waals surface area (Å²) >= 11 is 3.49. The lowest BCUT2D eigenvalue weighted by Gasteiger charge is -2.26. The molecule has 4 rings (SSSR count). The van der Waals surface area contributed by atoms with E-state index in [0.29, 0.717) is 17.0 Å². The summed E-state index contributed by atoms with van der Waals surface area (Å²) < 4.78 is 2.42. The number of aromatic nitrogens is 2. The highest BCUT2D eigenvalue weighted by atomic mass is 32.2. The van der Waals surface area contributed by atoms with Crippen molar-refractivity contribution in [2.45, 2.75) is 80.6 Å². The zero-order chi connectivity index (χ0) is 20.4. The van der Waals surface area contributed by atoms with Gasteiger partial charge in [-0.15, -0.1) is 11.8 Å². The van der Waals surface area contributed by atoms with Crippen LogP contribution in [0.3, 0.4) is 0 Å². The van der Waals surface area contributed by atoms with Crippen LogP contribution in [0.1, 0.15) is 62.9 Å². The molecule has 0 bridgehead atoms. The van der Waals surface area contributed by atoms with E-state index in [1.165, 1.54) is 42.7 Å². The quantitative estimate of drug-likeness (QED) is 0.558. The van der Waals surface area contributed by atoms with Gasteiger partial charge in [0.1, 0.15) is 0 Å². The molecule has 0 N–H and O–H groups in total. The second kappa shape index (κ2) is 9.17. The molecule has 2 aromatic rings. The fourth-order valence-electron chi connectivity index (χ4n) is 4.42. The average Bonchev–Trinajstić information content (AvgIpc) is 2.90. The van der Waals surface area contributed by atoms with Crippen LogP contribution < -0.4 is 4.90 Å². The Kier molecular flexibility index (Phi) is 6.60. The van der Waals surface area contributed by atoms with Gasteiger partial charge < -0.3 is 9.47 Å². The van der Waals surface area contributed by atoms with E-state index in [2.05, 4.69) is 43.5 Å². The number of para-hydroxylation sites is 1. The van der Waals surface area contributed by atoms with Crippen LogP contribution >= 0.6 is 23.5 Å². The van der Waals surface area contributed by atoms with Crippen LogP contribution in [-0.4, -0.2) is 33.0 Å². The first-order valence-electron chi connectivity index (χ1n) is 10.8. The van der Waals surface area contributed by atoms with E-state index in [0.717, 1.165) is 29.5 Å². The molecule has 156 valence electrons. The van der Waals surface area contributed by atoms with E-state index < -0.39 is 0 Å². The minimum Gasteiger partial charge on any atom is -0.320 e. The largest absolute Gasteiger partial charge is 0.320 e. The number of carbonyl (C=O) groups excluding carboxylic acids is 1. The molecule has 1 amide bonds. The highest BCUT2D eigenvalue weighted by molar-refractivity contribution is 8.00. The Balaban J connectivity index is 1.51. The fraction of sp³-hybridized carbons (Fsp3) is 0.565. The van der Waals surface area contributed by atoms with Crippen LogP contribution in [0, 0.1) is 13.8 Å². The lowest BCUT2D eigenvalue weighted by Crippen LogP contribution is -2.33. The third-order valence-electron chi connectivity index (χ3n) is 6.16. The zero-order valence-electron chi connectivity index (χ0n) is 17.7. The maximum absolute atomic E-state index is 13.2. The van der Waals surface area contributed by atoms with Crippen LogP contribution in [-0.2, 0) is 4.79 Å². The van der Waals surface area contributed by atoms with E-state index in [-0.39, 0.29) is 5.91 Å². The number of imidazole rings is 1. The van der Waals surface area contributed by atoms with Gasteiger partial charge in [0, 0.05) is 28.4 Å². The molecule has 0 saturated heterocycles. The van der Waals surface area contributed by atoms with Gasteiger partial charge in [-0.1, -0.05) is 50.1 Å². The Morgan fingerprint density at radius 1 is 1.17 bits per heavy atom. The summed E-state index contributed by atoms with van der Waals surface area (Å²) in [5.74, 6) is 0.626. The molecule has 1 aliphatic carbocycles. The number of thioether (sulfide) groups is 2. The van der Waals surface area contributed by atoms with Crippen molar-refractivity contribution in [3.8, 4) is 0 Å². The lowest BCUT2D eigenvalue weighted by molar-refractivity contribution is -0.116. The normalized spacial score (nSPS) is 20.4. The highest BCUT2D eigenvalue weighted by Crippen LogP contribution is 2.38. The van der Waals surface area contributed by atoms with Crippen molar-refractivity contribution in [3.05, 3.63) is 35.7 Å². The molecule has 1 aliphatic heterocycles. The maximum Gasteiger partial charge on any atom is 0.237 e. The number of hydrogen-bond donors (Lipinski definition) is 0. The molecule has 29 heavy (non-hydrogen) atoms. The van der Waals surface area contributed by atoms with Crippen LogP contribution in [0.4, 0.5) is 5.69 Å². The number of nitrogens with zero attached hydrogens (tertiary/aromatic N) is 3. The summed E-state index contributed by atoms with van der Waals surface area (Å²) in [6, 6.07) is 8.86. The standard InChI is InChI=1S/C23H31N3OS2/c1-16-13-14-25(20-11-7-8-12-21(20)29-16)22(27)15-28-23-24-17(2)18(3)26(23)19-9-5-4-6-10-19/h7-8,11-12,16,19H,4-6,9-10,13-15H2,1-3H3/t16-/m1/s1. The number of aryl methyl sites for hydroxylation is 1. The van der Waals surface area contributed by atoms with Crippen molar-refractivity contribution < 1.29 is 4.79 Å². The van der Waals surface area contributed by atoms with Gasteiger partial charge in [-0.25, -0.2) is 4.98 Å². The molecule has 2 aliphatic rings. The predicted molar refractivity (Wildman–Crippen MR) is 123 cm³/mol. The predicted octanol–water partition coefficient (Wildman–Crippen LogP) is 6.01. The number of rotatable bonds is 4. The Bertz CT molecular complexity index is 873. The molecule has 0 radical (unpaired) electrons. The SMILES string of the molecule is Cc1nc(SCC(=O)N2CC[C@@H](C)Sc3ccccc32)n(C2CCCCC2)c1C. The molecule has 0 spiro atoms. The summed E-state index contributed by atoms with van der Waals surface area (Å²) in [5, 5.41) is 1.54. The van der Waals surface area contributed by atoms with Crippen LogP contribution in [0.5, 0.6) is 0 Å². The molecule has 2 heterocycles. The van der Waals surface area contributed by atoms with E-state index >= 15 is 0 Å². The van der Waals surface area contributed by atoms with Crippen molar-refractivity contribution in [2.75, 3.05) is 17.2 Å². The number of benzene rings is 1. The summed E-state index contributed by atoms with van der Waals surface area (Å²) in [5.41, 5.74) is 3.42. The molecule has 1 saturated carbocycles. The van der Waals surface area contributed by atoms with Crippen molar-refractivity contribution in [1.29, 1.82) is 0 Å². The average molecular weight is 430 g/mol. The molecular formula is C23H31N3OS2. The first-order valence-corrected chi connectivity index (χ1v) is 12.7. The molecule has 0 unspecified atom stereocenters. The molecule has 1 aromatic heterocycles. The van der Waals surface area contributed by atoms with E-state index in [1.54, 1.807) is 11.8 Å². The van der Waals surface area contributed by atoms with Crippen molar-refractivity contribution >= 4 is 35.1 Å². The van der Waals surface area contributed by atoms with E-state index in [4.69, 9.17) is 4.98 Å². The summed E-state index contributed by atoms with van der Waals surface area (Å²) in [7, 11) is 0. The van der Waals surface area contributed by atoms with Crippen LogP contribution in [0.25, 0.3) is 0 Å². The van der Waals surface area contributed by atoms with Crippen LogP contribution in [0.2, 0.25) is 0 Å². The minimum atomic E-state index is 0.186. The second-order valence-corrected chi connectivity index (χ2v) is 10.7. The molecular weight excluding hydrogens is 398 g/mol. The van der Waals surface area contributed by atoms with Gasteiger partial charge in [0.25, 0.3) is 0 Å². The molecule has 1 atom stereocenters. The van der Waals surface area contributed by atoms with Gasteiger partial charge in [-0.3, -0.25) is 4.79 Å². The second-order valence-electron chi connectivity index (χ2n) is 8.25. The first kappa shape index (κ1) is 20.9. The van der Waals surface area contributed by atoms with Gasteiger partial charge in [0.05, 0.1) is 17.1 Å². The van der Waals surface area contributed by atoms with Crippen LogP contribution in [0.15, 0.2) is 34.3 Å². The monoisotopic (exact) mass is 429 g/mol. The summed E-state index contributed by atoms with van der Waals surface area (Å²) in [4.78, 5) is 21.3. The third kappa shape index (κ3) is 4.53. The first-order chi connectivity index (χ1) is 14.0. The summed E-state index contributed by atoms with van der Waals surface area (Å²) in [6.45, 7) is 7.30. The number of carbonyl (C=O) groups is 1. The lowest BCUT2D eigenvalue weighted by atomic mass is 9.95. The van der Waals surface area contributed by atoms with Gasteiger partial charge in [0.15, 0.2) is 5.16 Å². The van der Waals surface area contributed by atoms with E-state index in [9.17, 15) is 4.79 Å². The van der Waals surface area contributed by atoms with Gasteiger partial charge >= 0.3 is 0 Å². The van der Waals surface area contributed by atoms with Crippen molar-refractivity contribution in [3.63, 3.8) is 0 Å². The third-order valence-corrected chi connectivity index (χ3v) is 8.34. The fourth-order valence-corrected chi connectivity index (χ4v) is 6.57. The smallest absolute Gasteiger partial charge is 0.237 e. The summed E-state index contributed by atoms with van der Waals surface area (Å²) in [6.07, 6.45) is 7.41. The molecule has 1 fully saturated rings. The highest BCUT2D eigenvalue weighted by Gasteiger charge is 2.26. The topological polar surface area (TPSA) is 38.1 Å². The Hall–Kier alpha value is -1.40. The number of anilines is 1. The van der Waals surface area contributed by atoms with Gasteiger partial charge in [-0.05, 0) is 45.2 Å². The minimum absolute atomic E-state index is 0.186. The van der Waals surface area contributed by atoms with E-state index in [1.807, 2.05) is 22.7 Å². The maximum atomic E-state index is 13.2. The Morgan fingerprint density at radius 2 is 1.93 bits per heavy atom. The Morgan fingerprint density at radius 3 is 2.72 bits per heavy atom.